The summed E-state index contributed by atoms with van der Waals surface area (Å²) in [6.45, 7) is 13.4. The van der Waals surface area contributed by atoms with E-state index in [1.165, 1.54) is 83.8 Å². The molecule has 2 aliphatic rings. The summed E-state index contributed by atoms with van der Waals surface area (Å²) >= 11 is 0. The highest BCUT2D eigenvalue weighted by atomic mass is 16.5. The molecule has 1 aromatic carbocycles. The van der Waals surface area contributed by atoms with Crippen molar-refractivity contribution in [2.45, 2.75) is 103 Å². The van der Waals surface area contributed by atoms with Crippen LogP contribution in [0.1, 0.15) is 97.5 Å². The summed E-state index contributed by atoms with van der Waals surface area (Å²) < 4.78 is 6.11. The van der Waals surface area contributed by atoms with Crippen LogP contribution >= 0.6 is 0 Å². The summed E-state index contributed by atoms with van der Waals surface area (Å²) in [5.41, 5.74) is 1.87. The van der Waals surface area contributed by atoms with Gasteiger partial charge < -0.3 is 9.64 Å². The first-order valence-electron chi connectivity index (χ1n) is 13.9. The van der Waals surface area contributed by atoms with E-state index in [2.05, 4.69) is 62.9 Å². The third-order valence-electron chi connectivity index (χ3n) is 9.23. The van der Waals surface area contributed by atoms with Crippen LogP contribution in [-0.4, -0.2) is 37.7 Å². The predicted molar refractivity (Wildman–Crippen MR) is 138 cm³/mol. The fraction of sp³-hybridized carbons (Fsp3) is 0.800. The molecule has 1 aliphatic heterocycles. The average Bonchev–Trinajstić information content (AvgIpc) is 3.32. The van der Waals surface area contributed by atoms with Gasteiger partial charge in [-0.25, -0.2) is 0 Å². The second kappa shape index (κ2) is 12.6. The van der Waals surface area contributed by atoms with E-state index in [0.717, 1.165) is 17.8 Å². The fourth-order valence-corrected chi connectivity index (χ4v) is 7.35. The first-order chi connectivity index (χ1) is 15.6. The van der Waals surface area contributed by atoms with Gasteiger partial charge in [0.2, 0.25) is 0 Å². The van der Waals surface area contributed by atoms with Crippen molar-refractivity contribution in [1.29, 1.82) is 0 Å². The van der Waals surface area contributed by atoms with Crippen LogP contribution in [0.4, 0.5) is 0 Å². The molecule has 2 unspecified atom stereocenters. The van der Waals surface area contributed by atoms with E-state index in [9.17, 15) is 0 Å². The second-order valence-electron chi connectivity index (χ2n) is 11.1. The zero-order chi connectivity index (χ0) is 23.0. The summed E-state index contributed by atoms with van der Waals surface area (Å²) in [6, 6.07) is 11.6. The highest BCUT2D eigenvalue weighted by Gasteiger charge is 2.50. The zero-order valence-electron chi connectivity index (χ0n) is 21.8. The third kappa shape index (κ3) is 5.79. The Kier molecular flexibility index (Phi) is 10.1. The molecule has 0 bridgehead atoms. The molecule has 5 atom stereocenters. The Hall–Kier alpha value is -0.860. The molecule has 1 saturated heterocycles. The molecule has 0 aromatic heterocycles. The lowest BCUT2D eigenvalue weighted by Gasteiger charge is -2.51. The molecule has 1 saturated carbocycles. The minimum absolute atomic E-state index is 0.278. The predicted octanol–water partition coefficient (Wildman–Crippen LogP) is 7.71. The molecule has 2 fully saturated rings. The molecule has 3 rings (SSSR count). The molecule has 0 N–H and O–H groups in total. The SMILES string of the molecule is CCC[C@@](c1ccccc1)(C1CCN(CC(CC)CC(C)CC)CC1)[C@H]1CCC[C@@H]1OC. The molecule has 1 aliphatic carbocycles. The van der Waals surface area contributed by atoms with Crippen molar-refractivity contribution < 1.29 is 4.74 Å². The Balaban J connectivity index is 1.78. The Labute approximate surface area is 199 Å². The number of ether oxygens (including phenoxy) is 1. The van der Waals surface area contributed by atoms with Crippen LogP contribution in [0, 0.1) is 23.7 Å². The Morgan fingerprint density at radius 2 is 1.72 bits per heavy atom. The molecule has 0 amide bonds. The Morgan fingerprint density at radius 1 is 1.00 bits per heavy atom. The minimum Gasteiger partial charge on any atom is -0.381 e. The van der Waals surface area contributed by atoms with Crippen LogP contribution in [0.5, 0.6) is 0 Å². The smallest absolute Gasteiger partial charge is 0.0608 e. The quantitative estimate of drug-likeness (QED) is 0.329. The number of benzene rings is 1. The summed E-state index contributed by atoms with van der Waals surface area (Å²) in [7, 11) is 1.95. The maximum atomic E-state index is 6.11. The van der Waals surface area contributed by atoms with Crippen LogP contribution in [0.3, 0.4) is 0 Å². The first-order valence-corrected chi connectivity index (χ1v) is 13.9. The zero-order valence-corrected chi connectivity index (χ0v) is 21.8. The van der Waals surface area contributed by atoms with Gasteiger partial charge in [0.05, 0.1) is 6.10 Å². The standard InChI is InChI=1S/C30H51NO/c1-6-19-30(26-13-10-9-11-14-26,28-15-12-16-29(28)32-5)27-17-20-31(21-18-27)23-25(8-3)22-24(4)7-2/h9-11,13-14,24-25,27-29H,6-8,12,15-23H2,1-5H3/t24?,25?,28-,29-,30+/m0/s1. The van der Waals surface area contributed by atoms with Crippen molar-refractivity contribution in [2.24, 2.45) is 23.7 Å². The molecule has 32 heavy (non-hydrogen) atoms. The Bertz CT molecular complexity index is 637. The van der Waals surface area contributed by atoms with Crippen LogP contribution in [0.25, 0.3) is 0 Å². The minimum atomic E-state index is 0.278. The molecule has 0 radical (unpaired) electrons. The van der Waals surface area contributed by atoms with Gasteiger partial charge in [-0.1, -0.05) is 83.7 Å². The van der Waals surface area contributed by atoms with Crippen molar-refractivity contribution >= 4 is 0 Å². The highest BCUT2D eigenvalue weighted by molar-refractivity contribution is 5.29. The largest absolute Gasteiger partial charge is 0.381 e. The summed E-state index contributed by atoms with van der Waals surface area (Å²) in [5, 5.41) is 0. The lowest BCUT2D eigenvalue weighted by Crippen LogP contribution is -2.50. The van der Waals surface area contributed by atoms with Gasteiger partial charge >= 0.3 is 0 Å². The van der Waals surface area contributed by atoms with Crippen molar-refractivity contribution in [3.8, 4) is 0 Å². The van der Waals surface area contributed by atoms with Gasteiger partial charge in [0.25, 0.3) is 0 Å². The molecule has 1 heterocycles. The van der Waals surface area contributed by atoms with E-state index in [-0.39, 0.29) is 5.41 Å². The average molecular weight is 442 g/mol. The first kappa shape index (κ1) is 25.8. The van der Waals surface area contributed by atoms with Crippen molar-refractivity contribution in [3.63, 3.8) is 0 Å². The number of piperidine rings is 1. The van der Waals surface area contributed by atoms with Gasteiger partial charge in [-0.3, -0.25) is 0 Å². The van der Waals surface area contributed by atoms with Crippen molar-refractivity contribution in [1.82, 2.24) is 4.90 Å². The maximum absolute atomic E-state index is 6.11. The molecular formula is C30H51NO. The van der Waals surface area contributed by atoms with Crippen LogP contribution < -0.4 is 0 Å². The topological polar surface area (TPSA) is 12.5 Å². The number of rotatable bonds is 12. The number of hydrogen-bond acceptors (Lipinski definition) is 2. The molecular weight excluding hydrogens is 390 g/mol. The summed E-state index contributed by atoms with van der Waals surface area (Å²) in [4.78, 5) is 2.80. The number of nitrogens with zero attached hydrogens (tertiary/aromatic N) is 1. The van der Waals surface area contributed by atoms with Gasteiger partial charge in [-0.2, -0.15) is 0 Å². The van der Waals surface area contributed by atoms with E-state index in [4.69, 9.17) is 4.74 Å². The summed E-state index contributed by atoms with van der Waals surface area (Å²) in [5.74, 6) is 3.17. The molecule has 2 heteroatoms. The number of likely N-dealkylation sites (tertiary alicyclic amines) is 1. The number of hydrogen-bond donors (Lipinski definition) is 0. The van der Waals surface area contributed by atoms with E-state index in [1.807, 2.05) is 7.11 Å². The molecule has 1 aromatic rings. The molecule has 2 nitrogen and oxygen atoms in total. The van der Waals surface area contributed by atoms with Crippen LogP contribution in [0.2, 0.25) is 0 Å². The van der Waals surface area contributed by atoms with E-state index in [1.54, 1.807) is 5.56 Å². The monoisotopic (exact) mass is 441 g/mol. The molecule has 182 valence electrons. The lowest BCUT2D eigenvalue weighted by molar-refractivity contribution is -0.00562. The van der Waals surface area contributed by atoms with Gasteiger partial charge in [0.1, 0.15) is 0 Å². The van der Waals surface area contributed by atoms with Gasteiger partial charge in [0.15, 0.2) is 0 Å². The normalized spacial score (nSPS) is 26.7. The maximum Gasteiger partial charge on any atom is 0.0608 e. The number of methoxy groups -OCH3 is 1. The lowest BCUT2D eigenvalue weighted by atomic mass is 9.57. The van der Waals surface area contributed by atoms with E-state index < -0.39 is 0 Å². The van der Waals surface area contributed by atoms with Crippen LogP contribution in [0.15, 0.2) is 30.3 Å². The van der Waals surface area contributed by atoms with Crippen molar-refractivity contribution in [3.05, 3.63) is 35.9 Å². The third-order valence-corrected chi connectivity index (χ3v) is 9.23. The van der Waals surface area contributed by atoms with Gasteiger partial charge in [0, 0.05) is 19.1 Å². The van der Waals surface area contributed by atoms with Gasteiger partial charge in [-0.15, -0.1) is 0 Å². The second-order valence-corrected chi connectivity index (χ2v) is 11.1. The van der Waals surface area contributed by atoms with E-state index >= 15 is 0 Å². The van der Waals surface area contributed by atoms with Crippen LogP contribution in [-0.2, 0) is 10.2 Å². The Morgan fingerprint density at radius 3 is 2.31 bits per heavy atom. The van der Waals surface area contributed by atoms with Gasteiger partial charge in [-0.05, 0) is 80.8 Å². The summed E-state index contributed by atoms with van der Waals surface area (Å²) in [6.07, 6.45) is 13.6. The van der Waals surface area contributed by atoms with Crippen molar-refractivity contribution in [2.75, 3.05) is 26.7 Å². The molecule has 0 spiro atoms. The highest BCUT2D eigenvalue weighted by Crippen LogP contribution is 2.53. The van der Waals surface area contributed by atoms with E-state index in [0.29, 0.717) is 12.0 Å². The fourth-order valence-electron chi connectivity index (χ4n) is 7.35.